The molecule has 0 saturated carbocycles. The van der Waals surface area contributed by atoms with Crippen LogP contribution in [0.25, 0.3) is 21.9 Å². The number of nitrogens with zero attached hydrogens (tertiary/aromatic N) is 1. The number of aliphatic hydroxyl groups excluding tert-OH is 1. The quantitative estimate of drug-likeness (QED) is 0.308. The smallest absolute Gasteiger partial charge is 0.374 e. The van der Waals surface area contributed by atoms with E-state index < -0.39 is 17.5 Å². The van der Waals surface area contributed by atoms with Crippen LogP contribution in [0.4, 0.5) is 5.69 Å². The van der Waals surface area contributed by atoms with Crippen molar-refractivity contribution >= 4 is 33.6 Å². The minimum Gasteiger partial charge on any atom is -0.491 e. The second kappa shape index (κ2) is 11.4. The number of esters is 1. The Bertz CT molecular complexity index is 1590. The van der Waals surface area contributed by atoms with Crippen LogP contribution >= 0.6 is 0 Å². The fourth-order valence-electron chi connectivity index (χ4n) is 3.79. The second-order valence-electron chi connectivity index (χ2n) is 8.77. The van der Waals surface area contributed by atoms with Crippen LogP contribution in [0.2, 0.25) is 0 Å². The van der Waals surface area contributed by atoms with Crippen LogP contribution < -0.4 is 25.2 Å². The first-order valence-corrected chi connectivity index (χ1v) is 12.2. The zero-order valence-electron chi connectivity index (χ0n) is 21.6. The first kappa shape index (κ1) is 26.7. The zero-order valence-corrected chi connectivity index (χ0v) is 21.6. The lowest BCUT2D eigenvalue weighted by Gasteiger charge is -2.18. The van der Waals surface area contributed by atoms with Crippen molar-refractivity contribution in [3.05, 3.63) is 74.4 Å². The van der Waals surface area contributed by atoms with Gasteiger partial charge in [0, 0.05) is 50.5 Å². The van der Waals surface area contributed by atoms with Crippen LogP contribution in [0.3, 0.4) is 0 Å². The van der Waals surface area contributed by atoms with E-state index in [0.29, 0.717) is 34.6 Å². The first-order chi connectivity index (χ1) is 18.2. The van der Waals surface area contributed by atoms with E-state index in [1.807, 2.05) is 25.9 Å². The number of fused-ring (bicyclic) bond motifs is 2. The molecule has 38 heavy (non-hydrogen) atoms. The fourth-order valence-corrected chi connectivity index (χ4v) is 3.79. The molecule has 0 aliphatic carbocycles. The number of hydrogen-bond donors (Lipinski definition) is 1. The van der Waals surface area contributed by atoms with E-state index in [-0.39, 0.29) is 42.0 Å². The molecule has 2 aromatic carbocycles. The average Bonchev–Trinajstić information content (AvgIpc) is 2.90. The molecule has 200 valence electrons. The van der Waals surface area contributed by atoms with Crippen molar-refractivity contribution < 1.29 is 32.9 Å². The van der Waals surface area contributed by atoms with E-state index in [0.717, 1.165) is 11.8 Å². The summed E-state index contributed by atoms with van der Waals surface area (Å²) in [6.45, 7) is 3.42. The lowest BCUT2D eigenvalue weighted by Crippen LogP contribution is -2.25. The Morgan fingerprint density at radius 1 is 0.947 bits per heavy atom. The maximum absolute atomic E-state index is 12.7. The van der Waals surface area contributed by atoms with Gasteiger partial charge >= 0.3 is 5.97 Å². The first-order valence-electron chi connectivity index (χ1n) is 12.2. The van der Waals surface area contributed by atoms with Crippen molar-refractivity contribution in [2.24, 2.45) is 0 Å². The third-order valence-electron chi connectivity index (χ3n) is 5.74. The van der Waals surface area contributed by atoms with Gasteiger partial charge in [0.1, 0.15) is 53.1 Å². The minimum absolute atomic E-state index is 0.141. The number of anilines is 1. The standard InChI is InChI=1S/C28H29NO9/c1-5-18-12-22(32)27-24(9-16(29(3)4)10-25(27)37-18)36-15-17(30)14-35-19-7-8-23-20(11-19)21(31)13-26(38-23)28(33)34-6-2/h7-13,17,30H,5-6,14-15H2,1-4H3. The van der Waals surface area contributed by atoms with Gasteiger partial charge in [-0.05, 0) is 25.1 Å². The van der Waals surface area contributed by atoms with E-state index in [9.17, 15) is 19.5 Å². The summed E-state index contributed by atoms with van der Waals surface area (Å²) in [5.41, 5.74) is 0.726. The molecule has 0 fully saturated rings. The van der Waals surface area contributed by atoms with Gasteiger partial charge < -0.3 is 33.1 Å². The molecule has 2 heterocycles. The van der Waals surface area contributed by atoms with Gasteiger partial charge in [0.15, 0.2) is 10.9 Å². The maximum Gasteiger partial charge on any atom is 0.374 e. The number of hydrogen-bond acceptors (Lipinski definition) is 10. The van der Waals surface area contributed by atoms with Gasteiger partial charge in [-0.15, -0.1) is 0 Å². The van der Waals surface area contributed by atoms with Crippen LogP contribution in [0.5, 0.6) is 11.5 Å². The summed E-state index contributed by atoms with van der Waals surface area (Å²) in [6, 6.07) is 10.5. The summed E-state index contributed by atoms with van der Waals surface area (Å²) >= 11 is 0. The molecule has 2 aromatic heterocycles. The predicted molar refractivity (Wildman–Crippen MR) is 142 cm³/mol. The van der Waals surface area contributed by atoms with Gasteiger partial charge in [-0.25, -0.2) is 4.79 Å². The second-order valence-corrected chi connectivity index (χ2v) is 8.77. The summed E-state index contributed by atoms with van der Waals surface area (Å²) in [4.78, 5) is 39.0. The molecule has 0 saturated heterocycles. The molecule has 0 aliphatic rings. The fraction of sp³-hybridized carbons (Fsp3) is 0.321. The van der Waals surface area contributed by atoms with Crippen molar-refractivity contribution in [2.45, 2.75) is 26.4 Å². The van der Waals surface area contributed by atoms with Crippen molar-refractivity contribution in [1.82, 2.24) is 0 Å². The highest BCUT2D eigenvalue weighted by atomic mass is 16.5. The van der Waals surface area contributed by atoms with Gasteiger partial charge in [-0.1, -0.05) is 6.92 Å². The van der Waals surface area contributed by atoms with Crippen LogP contribution in [0.1, 0.15) is 30.2 Å². The summed E-state index contributed by atoms with van der Waals surface area (Å²) < 4.78 is 27.7. The molecule has 10 nitrogen and oxygen atoms in total. The molecule has 0 bridgehead atoms. The van der Waals surface area contributed by atoms with Gasteiger partial charge in [0.2, 0.25) is 5.76 Å². The molecule has 10 heteroatoms. The molecule has 0 amide bonds. The monoisotopic (exact) mass is 523 g/mol. The van der Waals surface area contributed by atoms with E-state index >= 15 is 0 Å². The normalized spacial score (nSPS) is 11.9. The number of aliphatic hydroxyl groups is 1. The number of rotatable bonds is 10. The van der Waals surface area contributed by atoms with Crippen LogP contribution in [0, 0.1) is 0 Å². The Morgan fingerprint density at radius 3 is 2.42 bits per heavy atom. The zero-order chi connectivity index (χ0) is 27.4. The lowest BCUT2D eigenvalue weighted by molar-refractivity contribution is 0.0490. The Morgan fingerprint density at radius 2 is 1.71 bits per heavy atom. The van der Waals surface area contributed by atoms with Crippen molar-refractivity contribution in [1.29, 1.82) is 0 Å². The Labute approximate surface area is 217 Å². The molecule has 1 N–H and O–H groups in total. The third-order valence-corrected chi connectivity index (χ3v) is 5.74. The van der Waals surface area contributed by atoms with Crippen molar-refractivity contribution in [3.63, 3.8) is 0 Å². The van der Waals surface area contributed by atoms with Gasteiger partial charge in [-0.3, -0.25) is 9.59 Å². The highest BCUT2D eigenvalue weighted by molar-refractivity contribution is 5.89. The Balaban J connectivity index is 1.47. The number of carbonyl (C=O) groups excluding carboxylic acids is 1. The molecule has 1 unspecified atom stereocenters. The number of ether oxygens (including phenoxy) is 3. The number of benzene rings is 2. The van der Waals surface area contributed by atoms with Crippen LogP contribution in [-0.4, -0.2) is 51.1 Å². The van der Waals surface area contributed by atoms with Gasteiger partial charge in [-0.2, -0.15) is 0 Å². The van der Waals surface area contributed by atoms with Gasteiger partial charge in [0.05, 0.1) is 12.0 Å². The molecule has 4 rings (SSSR count). The highest BCUT2D eigenvalue weighted by Gasteiger charge is 2.17. The topological polar surface area (TPSA) is 129 Å². The van der Waals surface area contributed by atoms with Crippen LogP contribution in [-0.2, 0) is 11.2 Å². The molecule has 1 atom stereocenters. The van der Waals surface area contributed by atoms with E-state index in [1.54, 1.807) is 25.1 Å². The van der Waals surface area contributed by atoms with E-state index in [1.165, 1.54) is 18.2 Å². The highest BCUT2D eigenvalue weighted by Crippen LogP contribution is 2.30. The summed E-state index contributed by atoms with van der Waals surface area (Å²) in [5.74, 6) is 0.279. The molecule has 0 aliphatic heterocycles. The van der Waals surface area contributed by atoms with E-state index in [2.05, 4.69) is 0 Å². The van der Waals surface area contributed by atoms with Crippen LogP contribution in [0.15, 0.2) is 60.9 Å². The largest absolute Gasteiger partial charge is 0.491 e. The molecular weight excluding hydrogens is 494 g/mol. The molecule has 4 aromatic rings. The summed E-state index contributed by atoms with van der Waals surface area (Å²) in [7, 11) is 3.72. The summed E-state index contributed by atoms with van der Waals surface area (Å²) in [6.07, 6.45) is -0.472. The maximum atomic E-state index is 12.7. The third kappa shape index (κ3) is 5.81. The Kier molecular flexibility index (Phi) is 8.02. The SMILES string of the molecule is CCOC(=O)c1cc(=O)c2cc(OCC(O)COc3cc(N(C)C)cc4oc(CC)cc(=O)c34)ccc2o1. The molecule has 0 spiro atoms. The minimum atomic E-state index is -1.05. The predicted octanol–water partition coefficient (Wildman–Crippen LogP) is 3.52. The van der Waals surface area contributed by atoms with Crippen molar-refractivity contribution in [2.75, 3.05) is 38.8 Å². The number of carbonyl (C=O) groups is 1. The van der Waals surface area contributed by atoms with Crippen molar-refractivity contribution in [3.8, 4) is 11.5 Å². The summed E-state index contributed by atoms with van der Waals surface area (Å²) in [5, 5.41) is 11.0. The number of aryl methyl sites for hydroxylation is 1. The Hall–Kier alpha value is -4.31. The average molecular weight is 524 g/mol. The van der Waals surface area contributed by atoms with Gasteiger partial charge in [0.25, 0.3) is 0 Å². The van der Waals surface area contributed by atoms with E-state index in [4.69, 9.17) is 23.0 Å². The molecular formula is C28H29NO9. The lowest BCUT2D eigenvalue weighted by atomic mass is 10.1. The molecule has 0 radical (unpaired) electrons.